The van der Waals surface area contributed by atoms with Crippen LogP contribution >= 0.6 is 0 Å². The summed E-state index contributed by atoms with van der Waals surface area (Å²) in [5.74, 6) is 2.14. The van der Waals surface area contributed by atoms with Gasteiger partial charge in [-0.2, -0.15) is 5.26 Å². The van der Waals surface area contributed by atoms with Crippen molar-refractivity contribution in [3.63, 3.8) is 0 Å². The lowest BCUT2D eigenvalue weighted by Gasteiger charge is -2.44. The van der Waals surface area contributed by atoms with Crippen LogP contribution in [0.25, 0.3) is 4.85 Å². The van der Waals surface area contributed by atoms with E-state index in [1.165, 1.54) is 45.2 Å². The lowest BCUT2D eigenvalue weighted by atomic mass is 9.83. The molecule has 2 saturated heterocycles. The molecule has 1 saturated carbocycles. The fourth-order valence-corrected chi connectivity index (χ4v) is 5.30. The fraction of sp³-hybridized carbons (Fsp3) is 0.520. The highest BCUT2D eigenvalue weighted by molar-refractivity contribution is 5.67. The van der Waals surface area contributed by atoms with Gasteiger partial charge in [-0.05, 0) is 81.1 Å². The molecule has 2 N–H and O–H groups in total. The Morgan fingerprint density at radius 3 is 2.84 bits per heavy atom. The molecule has 0 unspecified atom stereocenters. The number of rotatable bonds is 6. The van der Waals surface area contributed by atoms with Crippen molar-refractivity contribution in [3.05, 3.63) is 46.9 Å². The molecule has 0 amide bonds. The minimum atomic E-state index is 0.436. The molecule has 2 aromatic rings. The van der Waals surface area contributed by atoms with Crippen molar-refractivity contribution >= 4 is 23.1 Å². The van der Waals surface area contributed by atoms with Gasteiger partial charge in [0.05, 0.1) is 18.2 Å². The summed E-state index contributed by atoms with van der Waals surface area (Å²) >= 11 is 0. The van der Waals surface area contributed by atoms with Gasteiger partial charge < -0.3 is 15.5 Å². The first-order chi connectivity index (χ1) is 15.7. The maximum absolute atomic E-state index is 9.52. The largest absolute Gasteiger partial charge is 0.378 e. The first kappa shape index (κ1) is 20.7. The van der Waals surface area contributed by atoms with E-state index in [0.717, 1.165) is 30.6 Å². The summed E-state index contributed by atoms with van der Waals surface area (Å²) in [4.78, 5) is 15.2. The average Bonchev–Trinajstić information content (AvgIpc) is 3.68. The van der Waals surface area contributed by atoms with Crippen molar-refractivity contribution in [1.29, 1.82) is 5.26 Å². The van der Waals surface area contributed by atoms with E-state index in [1.54, 1.807) is 6.20 Å². The highest BCUT2D eigenvalue weighted by Crippen LogP contribution is 2.42. The number of nitrogens with zero attached hydrogens (tertiary/aromatic N) is 5. The van der Waals surface area contributed by atoms with Crippen LogP contribution in [0.5, 0.6) is 0 Å². The SMILES string of the molecule is [C-]#[N+]c1cnc(Nc2ccc(C3CC3)c(C#N)c2)nc1NC[C@@H]1CCCN2CCCC[C@H]12. The van der Waals surface area contributed by atoms with Gasteiger partial charge in [0.25, 0.3) is 0 Å². The molecule has 0 bridgehead atoms. The summed E-state index contributed by atoms with van der Waals surface area (Å²) in [6.45, 7) is 10.8. The molecule has 32 heavy (non-hydrogen) atoms. The fourth-order valence-electron chi connectivity index (χ4n) is 5.30. The van der Waals surface area contributed by atoms with E-state index in [-0.39, 0.29) is 0 Å². The molecular weight excluding hydrogens is 398 g/mol. The van der Waals surface area contributed by atoms with Crippen molar-refractivity contribution in [2.75, 3.05) is 30.3 Å². The van der Waals surface area contributed by atoms with Crippen molar-refractivity contribution in [2.45, 2.75) is 56.9 Å². The van der Waals surface area contributed by atoms with Gasteiger partial charge in [-0.1, -0.05) is 12.5 Å². The molecular formula is C25H29N7. The first-order valence-corrected chi connectivity index (χ1v) is 11.8. The molecule has 1 aromatic carbocycles. The zero-order valence-electron chi connectivity index (χ0n) is 18.3. The first-order valence-electron chi connectivity index (χ1n) is 11.8. The van der Waals surface area contributed by atoms with Crippen LogP contribution in [0, 0.1) is 23.8 Å². The zero-order valence-corrected chi connectivity index (χ0v) is 18.3. The molecule has 3 heterocycles. The van der Waals surface area contributed by atoms with E-state index >= 15 is 0 Å². The van der Waals surface area contributed by atoms with Crippen LogP contribution in [-0.2, 0) is 0 Å². The van der Waals surface area contributed by atoms with E-state index in [0.29, 0.717) is 40.9 Å². The second kappa shape index (κ2) is 9.14. The monoisotopic (exact) mass is 427 g/mol. The predicted molar refractivity (Wildman–Crippen MR) is 125 cm³/mol. The Labute approximate surface area is 189 Å². The number of benzene rings is 1. The van der Waals surface area contributed by atoms with Crippen molar-refractivity contribution in [3.8, 4) is 6.07 Å². The highest BCUT2D eigenvalue weighted by atomic mass is 15.2. The average molecular weight is 428 g/mol. The van der Waals surface area contributed by atoms with E-state index in [1.807, 2.05) is 18.2 Å². The summed E-state index contributed by atoms with van der Waals surface area (Å²) in [7, 11) is 0. The van der Waals surface area contributed by atoms with Gasteiger partial charge >= 0.3 is 0 Å². The lowest BCUT2D eigenvalue weighted by molar-refractivity contribution is 0.0649. The second-order valence-electron chi connectivity index (χ2n) is 9.23. The van der Waals surface area contributed by atoms with Crippen LogP contribution in [0.2, 0.25) is 0 Å². The van der Waals surface area contributed by atoms with Gasteiger partial charge in [-0.3, -0.25) is 0 Å². The third-order valence-corrected chi connectivity index (χ3v) is 7.10. The van der Waals surface area contributed by atoms with E-state index in [2.05, 4.69) is 36.4 Å². The minimum Gasteiger partial charge on any atom is -0.378 e. The molecule has 5 rings (SSSR count). The molecule has 2 aliphatic heterocycles. The van der Waals surface area contributed by atoms with Crippen LogP contribution in [0.15, 0.2) is 24.4 Å². The lowest BCUT2D eigenvalue weighted by Crippen LogP contribution is -2.49. The van der Waals surface area contributed by atoms with E-state index in [4.69, 9.17) is 6.57 Å². The number of nitriles is 1. The molecule has 0 radical (unpaired) electrons. The summed E-state index contributed by atoms with van der Waals surface area (Å²) in [5.41, 5.74) is 3.07. The standard InChI is InChI=1S/C25H29N7/c1-27-22-16-29-25(30-20-9-10-21(17-7-8-17)19(13-20)14-26)31-24(22)28-15-18-5-4-12-32-11-3-2-6-23(18)32/h9-10,13,16-18,23H,2-8,11-12,15H2,(H2,28,29,30,31)/t18-,23+/m0/s1. The topological polar surface area (TPSA) is 81.2 Å². The number of nitrogens with one attached hydrogen (secondary N) is 2. The van der Waals surface area contributed by atoms with Crippen LogP contribution in [0.3, 0.4) is 0 Å². The molecule has 1 aromatic heterocycles. The maximum atomic E-state index is 9.52. The Morgan fingerprint density at radius 2 is 2.03 bits per heavy atom. The van der Waals surface area contributed by atoms with Crippen molar-refractivity contribution < 1.29 is 0 Å². The van der Waals surface area contributed by atoms with Gasteiger partial charge in [-0.15, -0.1) is 0 Å². The van der Waals surface area contributed by atoms with Gasteiger partial charge in [0.15, 0.2) is 0 Å². The molecule has 1 aliphatic carbocycles. The van der Waals surface area contributed by atoms with E-state index < -0.39 is 0 Å². The third-order valence-electron chi connectivity index (χ3n) is 7.10. The smallest absolute Gasteiger partial charge is 0.246 e. The molecule has 0 spiro atoms. The summed E-state index contributed by atoms with van der Waals surface area (Å²) in [6, 6.07) is 8.84. The van der Waals surface area contributed by atoms with Gasteiger partial charge in [0.1, 0.15) is 5.82 Å². The van der Waals surface area contributed by atoms with Crippen LogP contribution in [0.4, 0.5) is 23.1 Å². The number of hydrogen-bond acceptors (Lipinski definition) is 6. The molecule has 164 valence electrons. The minimum absolute atomic E-state index is 0.436. The van der Waals surface area contributed by atoms with Crippen LogP contribution < -0.4 is 10.6 Å². The Balaban J connectivity index is 1.30. The van der Waals surface area contributed by atoms with Crippen LogP contribution in [-0.4, -0.2) is 40.5 Å². The van der Waals surface area contributed by atoms with Crippen molar-refractivity contribution in [1.82, 2.24) is 14.9 Å². The Hall–Kier alpha value is -3.16. The van der Waals surface area contributed by atoms with Gasteiger partial charge in [-0.25, -0.2) is 14.8 Å². The molecule has 7 nitrogen and oxygen atoms in total. The molecule has 2 atom stereocenters. The quantitative estimate of drug-likeness (QED) is 0.617. The number of aromatic nitrogens is 2. The maximum Gasteiger partial charge on any atom is 0.246 e. The Kier molecular flexibility index (Phi) is 5.92. The Morgan fingerprint density at radius 1 is 1.16 bits per heavy atom. The normalized spacial score (nSPS) is 22.9. The van der Waals surface area contributed by atoms with E-state index in [9.17, 15) is 5.26 Å². The van der Waals surface area contributed by atoms with Crippen LogP contribution in [0.1, 0.15) is 62.0 Å². The molecule has 3 aliphatic rings. The number of piperidine rings is 2. The highest BCUT2D eigenvalue weighted by Gasteiger charge is 2.33. The third kappa shape index (κ3) is 4.40. The Bertz CT molecular complexity index is 1060. The predicted octanol–water partition coefficient (Wildman–Crippen LogP) is 5.20. The zero-order chi connectivity index (χ0) is 21.9. The summed E-state index contributed by atoms with van der Waals surface area (Å²) in [5, 5.41) is 16.2. The molecule has 3 fully saturated rings. The molecule has 7 heteroatoms. The number of fused-ring (bicyclic) bond motifs is 1. The van der Waals surface area contributed by atoms with Gasteiger partial charge in [0, 0.05) is 24.5 Å². The summed E-state index contributed by atoms with van der Waals surface area (Å²) < 4.78 is 0. The number of hydrogen-bond donors (Lipinski definition) is 2. The summed E-state index contributed by atoms with van der Waals surface area (Å²) in [6.07, 6.45) is 10.3. The van der Waals surface area contributed by atoms with Crippen molar-refractivity contribution in [2.24, 2.45) is 5.92 Å². The van der Waals surface area contributed by atoms with Gasteiger partial charge in [0.2, 0.25) is 11.6 Å². The number of anilines is 3. The second-order valence-corrected chi connectivity index (χ2v) is 9.23.